The second-order valence-electron chi connectivity index (χ2n) is 5.05. The smallest absolute Gasteiger partial charge is 0.388 e. The predicted molar refractivity (Wildman–Crippen MR) is 68.6 cm³/mol. The molecule has 0 heterocycles. The number of rotatable bonds is 4. The minimum Gasteiger partial charge on any atom is -0.488 e. The summed E-state index contributed by atoms with van der Waals surface area (Å²) >= 11 is 0. The van der Waals surface area contributed by atoms with Gasteiger partial charge in [-0.3, -0.25) is 0 Å². The molecule has 1 atom stereocenters. The van der Waals surface area contributed by atoms with E-state index in [0.29, 0.717) is 0 Å². The van der Waals surface area contributed by atoms with Gasteiger partial charge in [0.15, 0.2) is 0 Å². The molecule has 0 aliphatic carbocycles. The highest BCUT2D eigenvalue weighted by molar-refractivity contribution is 5.75. The van der Waals surface area contributed by atoms with E-state index in [-0.39, 0.29) is 12.0 Å². The number of hydrogen-bond donors (Lipinski definition) is 1. The van der Waals surface area contributed by atoms with E-state index in [1.165, 1.54) is 0 Å². The molecule has 1 rings (SSSR count). The Morgan fingerprint density at radius 3 is 2.33 bits per heavy atom. The average Bonchev–Trinajstić information content (AvgIpc) is 2.25. The van der Waals surface area contributed by atoms with Gasteiger partial charge in [0.2, 0.25) is 0 Å². The standard InChI is InChI=1S/C14H17NO3/c1-14(2,3)18-11-7-5-10(6-8-11)9-12(15-4)13(16)17/h5-8,12H,9H2,1-3H3,(H,16,17). The first-order chi connectivity index (χ1) is 8.31. The Morgan fingerprint density at radius 1 is 1.39 bits per heavy atom. The van der Waals surface area contributed by atoms with Crippen LogP contribution in [0.15, 0.2) is 24.3 Å². The van der Waals surface area contributed by atoms with Crippen LogP contribution >= 0.6 is 0 Å². The van der Waals surface area contributed by atoms with E-state index in [4.69, 9.17) is 16.4 Å². The summed E-state index contributed by atoms with van der Waals surface area (Å²) in [5, 5.41) is 8.80. The van der Waals surface area contributed by atoms with Crippen molar-refractivity contribution in [3.05, 3.63) is 41.2 Å². The van der Waals surface area contributed by atoms with E-state index < -0.39 is 12.0 Å². The fourth-order valence-electron chi connectivity index (χ4n) is 1.46. The minimum atomic E-state index is -1.08. The van der Waals surface area contributed by atoms with Gasteiger partial charge in [-0.25, -0.2) is 11.4 Å². The normalized spacial score (nSPS) is 12.6. The molecule has 96 valence electrons. The molecule has 0 aromatic heterocycles. The van der Waals surface area contributed by atoms with Gasteiger partial charge < -0.3 is 14.7 Å². The average molecular weight is 247 g/mol. The molecule has 4 heteroatoms. The second-order valence-corrected chi connectivity index (χ2v) is 5.05. The zero-order valence-electron chi connectivity index (χ0n) is 10.8. The molecule has 0 aliphatic rings. The third kappa shape index (κ3) is 4.46. The van der Waals surface area contributed by atoms with E-state index >= 15 is 0 Å². The van der Waals surface area contributed by atoms with Crippen molar-refractivity contribution in [1.29, 1.82) is 0 Å². The first kappa shape index (κ1) is 14.0. The summed E-state index contributed by atoms with van der Waals surface area (Å²) in [7, 11) is 0. The topological polar surface area (TPSA) is 50.9 Å². The van der Waals surface area contributed by atoms with Crippen LogP contribution in [0.4, 0.5) is 0 Å². The monoisotopic (exact) mass is 247 g/mol. The molecule has 1 N–H and O–H groups in total. The molecule has 1 aromatic rings. The number of nitrogens with zero attached hydrogens (tertiary/aromatic N) is 1. The lowest BCUT2D eigenvalue weighted by molar-refractivity contribution is -0.137. The van der Waals surface area contributed by atoms with Gasteiger partial charge in [0.1, 0.15) is 11.4 Å². The molecule has 0 fully saturated rings. The van der Waals surface area contributed by atoms with Gasteiger partial charge in [-0.05, 0) is 38.5 Å². The fourth-order valence-corrected chi connectivity index (χ4v) is 1.46. The van der Waals surface area contributed by atoms with E-state index in [0.717, 1.165) is 11.3 Å². The molecule has 0 aliphatic heterocycles. The highest BCUT2D eigenvalue weighted by atomic mass is 16.5. The molecule has 0 spiro atoms. The molecule has 18 heavy (non-hydrogen) atoms. The van der Waals surface area contributed by atoms with Crippen LogP contribution in [0.25, 0.3) is 4.85 Å². The first-order valence-electron chi connectivity index (χ1n) is 5.69. The van der Waals surface area contributed by atoms with Crippen molar-refractivity contribution in [2.24, 2.45) is 0 Å². The van der Waals surface area contributed by atoms with Crippen molar-refractivity contribution in [3.8, 4) is 5.75 Å². The molecule has 0 bridgehead atoms. The molecule has 4 nitrogen and oxygen atoms in total. The van der Waals surface area contributed by atoms with Crippen LogP contribution in [-0.4, -0.2) is 22.7 Å². The number of aliphatic carboxylic acids is 1. The predicted octanol–water partition coefficient (Wildman–Crippen LogP) is 2.78. The van der Waals surface area contributed by atoms with Gasteiger partial charge in [0, 0.05) is 0 Å². The van der Waals surface area contributed by atoms with Crippen molar-refractivity contribution < 1.29 is 14.6 Å². The Balaban J connectivity index is 2.72. The Bertz CT molecular complexity index is 451. The van der Waals surface area contributed by atoms with Crippen LogP contribution < -0.4 is 4.74 Å². The molecular formula is C14H17NO3. The highest BCUT2D eigenvalue weighted by Gasteiger charge is 2.22. The molecular weight excluding hydrogens is 230 g/mol. The van der Waals surface area contributed by atoms with Crippen LogP contribution in [0.1, 0.15) is 26.3 Å². The SMILES string of the molecule is [C-]#[N+]C(Cc1ccc(OC(C)(C)C)cc1)C(=O)O. The van der Waals surface area contributed by atoms with Gasteiger partial charge in [-0.2, -0.15) is 0 Å². The van der Waals surface area contributed by atoms with Gasteiger partial charge in [-0.1, -0.05) is 12.1 Å². The van der Waals surface area contributed by atoms with E-state index in [9.17, 15) is 4.79 Å². The van der Waals surface area contributed by atoms with Gasteiger partial charge in [0.25, 0.3) is 0 Å². The Hall–Kier alpha value is -2.02. The molecule has 1 unspecified atom stereocenters. The zero-order valence-corrected chi connectivity index (χ0v) is 10.8. The number of hydrogen-bond acceptors (Lipinski definition) is 2. The molecule has 1 aromatic carbocycles. The van der Waals surface area contributed by atoms with Crippen LogP contribution in [0.3, 0.4) is 0 Å². The van der Waals surface area contributed by atoms with Crippen molar-refractivity contribution >= 4 is 5.97 Å². The van der Waals surface area contributed by atoms with E-state index in [1.807, 2.05) is 20.8 Å². The highest BCUT2D eigenvalue weighted by Crippen LogP contribution is 2.19. The quantitative estimate of drug-likeness (QED) is 0.832. The van der Waals surface area contributed by atoms with E-state index in [1.54, 1.807) is 24.3 Å². The molecule has 0 saturated carbocycles. The second kappa shape index (κ2) is 5.54. The zero-order chi connectivity index (χ0) is 13.8. The Labute approximate surface area is 107 Å². The summed E-state index contributed by atoms with van der Waals surface area (Å²) in [5.41, 5.74) is 0.557. The summed E-state index contributed by atoms with van der Waals surface area (Å²) < 4.78 is 5.66. The number of ether oxygens (including phenoxy) is 1. The summed E-state index contributed by atoms with van der Waals surface area (Å²) in [6.07, 6.45) is 0.217. The van der Waals surface area contributed by atoms with Crippen LogP contribution in [0.5, 0.6) is 5.75 Å². The third-order valence-electron chi connectivity index (χ3n) is 2.22. The van der Waals surface area contributed by atoms with E-state index in [2.05, 4.69) is 4.85 Å². The minimum absolute atomic E-state index is 0.217. The summed E-state index contributed by atoms with van der Waals surface area (Å²) in [5.74, 6) is -0.346. The van der Waals surface area contributed by atoms with Crippen molar-refractivity contribution in [2.75, 3.05) is 0 Å². The summed E-state index contributed by atoms with van der Waals surface area (Å²) in [6, 6.07) is 6.16. The summed E-state index contributed by atoms with van der Waals surface area (Å²) in [6.45, 7) is 12.7. The lowest BCUT2D eigenvalue weighted by atomic mass is 10.1. The molecule has 0 amide bonds. The number of benzene rings is 1. The lowest BCUT2D eigenvalue weighted by Crippen LogP contribution is -2.23. The summed E-state index contributed by atoms with van der Waals surface area (Å²) in [4.78, 5) is 13.8. The molecule has 0 radical (unpaired) electrons. The Morgan fingerprint density at radius 2 is 1.94 bits per heavy atom. The van der Waals surface area contributed by atoms with Crippen molar-refractivity contribution in [3.63, 3.8) is 0 Å². The van der Waals surface area contributed by atoms with Gasteiger partial charge in [0.05, 0.1) is 6.42 Å². The van der Waals surface area contributed by atoms with Crippen LogP contribution in [0.2, 0.25) is 0 Å². The lowest BCUT2D eigenvalue weighted by Gasteiger charge is -2.21. The Kier molecular flexibility index (Phi) is 4.33. The molecule has 0 saturated heterocycles. The fraction of sp³-hybridized carbons (Fsp3) is 0.429. The van der Waals surface area contributed by atoms with Crippen molar-refractivity contribution in [1.82, 2.24) is 0 Å². The van der Waals surface area contributed by atoms with Crippen molar-refractivity contribution in [2.45, 2.75) is 38.8 Å². The van der Waals surface area contributed by atoms with Crippen LogP contribution in [-0.2, 0) is 11.2 Å². The van der Waals surface area contributed by atoms with Crippen LogP contribution in [0, 0.1) is 6.57 Å². The number of carboxylic acid groups (broad SMARTS) is 1. The number of carbonyl (C=O) groups is 1. The number of carboxylic acids is 1. The first-order valence-corrected chi connectivity index (χ1v) is 5.69. The largest absolute Gasteiger partial charge is 0.488 e. The maximum absolute atomic E-state index is 10.8. The maximum atomic E-state index is 10.8. The maximum Gasteiger partial charge on any atom is 0.388 e. The van der Waals surface area contributed by atoms with Gasteiger partial charge >= 0.3 is 12.0 Å². The third-order valence-corrected chi connectivity index (χ3v) is 2.22. The van der Waals surface area contributed by atoms with Gasteiger partial charge in [-0.15, -0.1) is 0 Å².